The number of aliphatic imine (C=N–C) groups is 4. The Labute approximate surface area is 180 Å². The SMILES string of the molecule is Cc1cc(NC2=NC(CCN(C3=NC(C)N=C(N)N3)c3c[nH]c(C)c3)N=C(N)N2)c[nH]1. The Morgan fingerprint density at radius 3 is 2.39 bits per heavy atom. The zero-order chi connectivity index (χ0) is 22.0. The van der Waals surface area contributed by atoms with E-state index in [1.807, 2.05) is 50.2 Å². The first-order chi connectivity index (χ1) is 14.9. The lowest BCUT2D eigenvalue weighted by atomic mass is 10.3. The largest absolute Gasteiger partial charge is 0.370 e. The molecule has 0 aromatic carbocycles. The lowest BCUT2D eigenvalue weighted by Gasteiger charge is -2.29. The monoisotopic (exact) mass is 424 g/mol. The van der Waals surface area contributed by atoms with E-state index in [2.05, 4.69) is 45.9 Å². The molecule has 4 rings (SSSR count). The Balaban J connectivity index is 1.50. The van der Waals surface area contributed by atoms with Crippen molar-refractivity contribution in [3.05, 3.63) is 35.9 Å². The van der Waals surface area contributed by atoms with Crippen LogP contribution in [0.3, 0.4) is 0 Å². The van der Waals surface area contributed by atoms with Crippen molar-refractivity contribution in [2.45, 2.75) is 39.5 Å². The van der Waals surface area contributed by atoms with Crippen molar-refractivity contribution in [1.82, 2.24) is 20.6 Å². The molecule has 0 saturated heterocycles. The summed E-state index contributed by atoms with van der Waals surface area (Å²) in [6.07, 6.45) is 3.79. The van der Waals surface area contributed by atoms with Crippen molar-refractivity contribution < 1.29 is 0 Å². The van der Waals surface area contributed by atoms with Crippen molar-refractivity contribution in [3.63, 3.8) is 0 Å². The molecule has 4 heterocycles. The van der Waals surface area contributed by atoms with Crippen LogP contribution in [-0.4, -0.2) is 52.7 Å². The molecule has 0 fully saturated rings. The summed E-state index contributed by atoms with van der Waals surface area (Å²) in [6, 6.07) is 4.03. The average Bonchev–Trinajstić information content (AvgIpc) is 3.29. The fourth-order valence-corrected chi connectivity index (χ4v) is 3.41. The highest BCUT2D eigenvalue weighted by atomic mass is 15.4. The molecule has 2 aliphatic heterocycles. The molecule has 2 unspecified atom stereocenters. The molecule has 12 nitrogen and oxygen atoms in total. The Morgan fingerprint density at radius 1 is 0.968 bits per heavy atom. The number of anilines is 2. The first kappa shape index (κ1) is 20.3. The molecule has 2 aliphatic rings. The quantitative estimate of drug-likeness (QED) is 0.368. The van der Waals surface area contributed by atoms with Crippen LogP contribution in [0.25, 0.3) is 0 Å². The molecule has 31 heavy (non-hydrogen) atoms. The molecular formula is C19H28N12. The fourth-order valence-electron chi connectivity index (χ4n) is 3.41. The Bertz CT molecular complexity index is 1060. The molecule has 164 valence electrons. The van der Waals surface area contributed by atoms with E-state index in [1.165, 1.54) is 0 Å². The topological polar surface area (TPSA) is 172 Å². The van der Waals surface area contributed by atoms with Crippen molar-refractivity contribution in [2.24, 2.45) is 31.4 Å². The van der Waals surface area contributed by atoms with Crippen molar-refractivity contribution in [3.8, 4) is 0 Å². The summed E-state index contributed by atoms with van der Waals surface area (Å²) in [5.74, 6) is 1.84. The Morgan fingerprint density at radius 2 is 1.71 bits per heavy atom. The van der Waals surface area contributed by atoms with Gasteiger partial charge in [-0.2, -0.15) is 0 Å². The predicted molar refractivity (Wildman–Crippen MR) is 124 cm³/mol. The summed E-state index contributed by atoms with van der Waals surface area (Å²) >= 11 is 0. The number of aromatic nitrogens is 2. The number of aromatic amines is 2. The van der Waals surface area contributed by atoms with E-state index in [9.17, 15) is 0 Å². The number of rotatable bonds is 5. The molecule has 0 aliphatic carbocycles. The van der Waals surface area contributed by atoms with Gasteiger partial charge in [0.15, 0.2) is 11.9 Å². The standard InChI is InChI=1S/C19H28N12/c1-10-6-13(8-22-10)26-18-28-15(27-17(21)29-18)4-5-31(14-7-11(2)23-9-14)19-25-12(3)24-16(20)30-19/h6-9,12,15,22-23H,4-5H2,1-3H3,(H3,20,24,25,30)(H4,21,26,27,28,29). The number of nitrogens with zero attached hydrogens (tertiary/aromatic N) is 5. The zero-order valence-corrected chi connectivity index (χ0v) is 17.8. The molecule has 2 aromatic heterocycles. The van der Waals surface area contributed by atoms with Crippen LogP contribution in [0, 0.1) is 13.8 Å². The third-order valence-electron chi connectivity index (χ3n) is 4.77. The Hall–Kier alpha value is -3.96. The molecule has 12 heteroatoms. The lowest BCUT2D eigenvalue weighted by molar-refractivity contribution is 0.633. The van der Waals surface area contributed by atoms with Crippen LogP contribution in [0.15, 0.2) is 44.5 Å². The summed E-state index contributed by atoms with van der Waals surface area (Å²) in [4.78, 5) is 26.3. The molecule has 2 atom stereocenters. The van der Waals surface area contributed by atoms with E-state index in [0.717, 1.165) is 22.8 Å². The maximum Gasteiger partial charge on any atom is 0.207 e. The van der Waals surface area contributed by atoms with Crippen molar-refractivity contribution in [2.75, 3.05) is 16.8 Å². The van der Waals surface area contributed by atoms with Crippen LogP contribution in [-0.2, 0) is 0 Å². The number of H-pyrrole nitrogens is 2. The van der Waals surface area contributed by atoms with Gasteiger partial charge in [0.05, 0.1) is 11.4 Å². The molecule has 0 spiro atoms. The second-order valence-electron chi connectivity index (χ2n) is 7.50. The van der Waals surface area contributed by atoms with Gasteiger partial charge in [0, 0.05) is 36.7 Å². The van der Waals surface area contributed by atoms with Crippen LogP contribution in [0.2, 0.25) is 0 Å². The normalized spacial score (nSPS) is 20.6. The van der Waals surface area contributed by atoms with Gasteiger partial charge in [0.2, 0.25) is 11.9 Å². The number of nitrogens with one attached hydrogen (secondary N) is 5. The number of aryl methyl sites for hydroxylation is 2. The smallest absolute Gasteiger partial charge is 0.207 e. The summed E-state index contributed by atoms with van der Waals surface area (Å²) in [6.45, 7) is 6.46. The van der Waals surface area contributed by atoms with Crippen molar-refractivity contribution in [1.29, 1.82) is 0 Å². The molecule has 0 bridgehead atoms. The maximum atomic E-state index is 6.00. The van der Waals surface area contributed by atoms with Crippen molar-refractivity contribution >= 4 is 35.2 Å². The van der Waals surface area contributed by atoms with Gasteiger partial charge in [0.1, 0.15) is 12.3 Å². The number of guanidine groups is 4. The van der Waals surface area contributed by atoms with E-state index in [-0.39, 0.29) is 12.3 Å². The number of nitrogens with two attached hydrogens (primary N) is 2. The van der Waals surface area contributed by atoms with Crippen LogP contribution < -0.4 is 32.3 Å². The molecule has 9 N–H and O–H groups in total. The summed E-state index contributed by atoms with van der Waals surface area (Å²) < 4.78 is 0. The highest BCUT2D eigenvalue weighted by Gasteiger charge is 2.23. The number of hydrogen-bond donors (Lipinski definition) is 7. The minimum Gasteiger partial charge on any atom is -0.370 e. The van der Waals surface area contributed by atoms with E-state index in [1.54, 1.807) is 0 Å². The minimum absolute atomic E-state index is 0.259. The molecule has 0 amide bonds. The second-order valence-corrected chi connectivity index (χ2v) is 7.50. The highest BCUT2D eigenvalue weighted by Crippen LogP contribution is 2.19. The predicted octanol–water partition coefficient (Wildman–Crippen LogP) is 0.488. The van der Waals surface area contributed by atoms with Gasteiger partial charge in [-0.1, -0.05) is 0 Å². The van der Waals surface area contributed by atoms with Crippen LogP contribution >= 0.6 is 0 Å². The molecule has 2 aromatic rings. The van der Waals surface area contributed by atoms with Gasteiger partial charge in [-0.3, -0.25) is 10.6 Å². The van der Waals surface area contributed by atoms with Gasteiger partial charge < -0.3 is 31.7 Å². The van der Waals surface area contributed by atoms with Gasteiger partial charge in [-0.25, -0.2) is 20.0 Å². The molecular weight excluding hydrogens is 396 g/mol. The van der Waals surface area contributed by atoms with E-state index in [4.69, 9.17) is 11.5 Å². The number of hydrogen-bond acceptors (Lipinski definition) is 10. The van der Waals surface area contributed by atoms with Crippen LogP contribution in [0.4, 0.5) is 11.4 Å². The minimum atomic E-state index is -0.348. The second kappa shape index (κ2) is 8.42. The van der Waals surface area contributed by atoms with Crippen LogP contribution in [0.5, 0.6) is 0 Å². The van der Waals surface area contributed by atoms with E-state index in [0.29, 0.717) is 36.8 Å². The van der Waals surface area contributed by atoms with E-state index >= 15 is 0 Å². The van der Waals surface area contributed by atoms with Gasteiger partial charge in [-0.05, 0) is 32.9 Å². The Kier molecular flexibility index (Phi) is 5.52. The summed E-state index contributed by atoms with van der Waals surface area (Å²) in [7, 11) is 0. The highest BCUT2D eigenvalue weighted by molar-refractivity contribution is 6.07. The fraction of sp³-hybridized carbons (Fsp3) is 0.368. The van der Waals surface area contributed by atoms with E-state index < -0.39 is 0 Å². The lowest BCUT2D eigenvalue weighted by Crippen LogP contribution is -2.51. The summed E-state index contributed by atoms with van der Waals surface area (Å²) in [5.41, 5.74) is 15.9. The first-order valence-electron chi connectivity index (χ1n) is 10.1. The third kappa shape index (κ3) is 4.97. The first-order valence-corrected chi connectivity index (χ1v) is 10.1. The van der Waals surface area contributed by atoms with Gasteiger partial charge in [0.25, 0.3) is 0 Å². The van der Waals surface area contributed by atoms with Crippen LogP contribution in [0.1, 0.15) is 24.7 Å². The molecule has 0 radical (unpaired) electrons. The maximum absolute atomic E-state index is 6.00. The van der Waals surface area contributed by atoms with Gasteiger partial charge >= 0.3 is 0 Å². The summed E-state index contributed by atoms with van der Waals surface area (Å²) in [5, 5.41) is 9.25. The van der Waals surface area contributed by atoms with Gasteiger partial charge in [-0.15, -0.1) is 0 Å². The average molecular weight is 425 g/mol. The third-order valence-corrected chi connectivity index (χ3v) is 4.77. The zero-order valence-electron chi connectivity index (χ0n) is 17.8. The molecule has 0 saturated carbocycles.